The molecule has 3 aromatic rings. The van der Waals surface area contributed by atoms with Gasteiger partial charge in [-0.05, 0) is 91.7 Å². The summed E-state index contributed by atoms with van der Waals surface area (Å²) < 4.78 is 6.36. The highest BCUT2D eigenvalue weighted by Gasteiger charge is 2.41. The van der Waals surface area contributed by atoms with Crippen molar-refractivity contribution >= 4 is 5.82 Å². The molecule has 0 bridgehead atoms. The SMILES string of the molecule is CC[C@@H]1C#C[C@@H]2C=C[C@@H](c3ccc(O)c(OCC[C@H](c4ccnc(N)c4)C4(c5ccc[n-]5)CCCC4)c3)C[C@@H](O)[C@H]2[C@@H](O)CCCC1. The van der Waals surface area contributed by atoms with Gasteiger partial charge in [-0.3, -0.25) is 0 Å². The molecule has 7 nitrogen and oxygen atoms in total. The summed E-state index contributed by atoms with van der Waals surface area (Å²) in [6, 6.07) is 13.7. The van der Waals surface area contributed by atoms with Gasteiger partial charge in [-0.25, -0.2) is 4.98 Å². The summed E-state index contributed by atoms with van der Waals surface area (Å²) in [6.07, 6.45) is 16.9. The highest BCUT2D eigenvalue weighted by molar-refractivity contribution is 5.44. The van der Waals surface area contributed by atoms with Gasteiger partial charge in [0.2, 0.25) is 0 Å². The van der Waals surface area contributed by atoms with Crippen LogP contribution in [-0.2, 0) is 5.41 Å². The second-order valence-electron chi connectivity index (χ2n) is 14.0. The molecule has 0 unspecified atom stereocenters. The van der Waals surface area contributed by atoms with E-state index in [1.54, 1.807) is 12.3 Å². The van der Waals surface area contributed by atoms with Crippen LogP contribution < -0.4 is 15.5 Å². The predicted octanol–water partition coefficient (Wildman–Crippen LogP) is 6.99. The first-order valence-electron chi connectivity index (χ1n) is 17.7. The number of nitrogens with two attached hydrogens (primary N) is 1. The van der Waals surface area contributed by atoms with Crippen molar-refractivity contribution in [1.29, 1.82) is 0 Å². The van der Waals surface area contributed by atoms with Crippen LogP contribution in [0.1, 0.15) is 106 Å². The van der Waals surface area contributed by atoms with Crippen LogP contribution in [0.2, 0.25) is 0 Å². The lowest BCUT2D eigenvalue weighted by molar-refractivity contribution is -0.00705. The van der Waals surface area contributed by atoms with Gasteiger partial charge in [-0.1, -0.05) is 74.8 Å². The van der Waals surface area contributed by atoms with Gasteiger partial charge < -0.3 is 30.8 Å². The number of aromatic hydroxyl groups is 1. The maximum atomic E-state index is 11.5. The van der Waals surface area contributed by atoms with Gasteiger partial charge in [0.25, 0.3) is 0 Å². The molecule has 0 spiro atoms. The van der Waals surface area contributed by atoms with Gasteiger partial charge in [0.1, 0.15) is 5.82 Å². The number of aromatic nitrogens is 2. The summed E-state index contributed by atoms with van der Waals surface area (Å²) in [5.74, 6) is 7.77. The van der Waals surface area contributed by atoms with Crippen molar-refractivity contribution in [3.05, 3.63) is 83.8 Å². The van der Waals surface area contributed by atoms with Crippen LogP contribution in [0.15, 0.2) is 67.0 Å². The van der Waals surface area contributed by atoms with Crippen LogP contribution in [0.3, 0.4) is 0 Å². The monoisotopic (exact) mass is 636 g/mol. The summed E-state index contributed by atoms with van der Waals surface area (Å²) in [6.45, 7) is 2.58. The van der Waals surface area contributed by atoms with Gasteiger partial charge in [-0.15, -0.1) is 0 Å². The average Bonchev–Trinajstić information content (AvgIpc) is 3.76. The van der Waals surface area contributed by atoms with E-state index in [9.17, 15) is 15.3 Å². The highest BCUT2D eigenvalue weighted by atomic mass is 16.5. The number of nitrogens with zero attached hydrogens (tertiary/aromatic N) is 2. The van der Waals surface area contributed by atoms with Crippen LogP contribution in [0.25, 0.3) is 0 Å². The molecule has 0 saturated heterocycles. The molecule has 3 aliphatic carbocycles. The third kappa shape index (κ3) is 7.40. The molecule has 0 amide bonds. The number of hydrogen-bond acceptors (Lipinski definition) is 6. The fourth-order valence-electron chi connectivity index (χ4n) is 8.53. The van der Waals surface area contributed by atoms with Crippen molar-refractivity contribution in [3.8, 4) is 23.3 Å². The number of aliphatic hydroxyl groups excluding tert-OH is 2. The molecule has 5 N–H and O–H groups in total. The lowest BCUT2D eigenvalue weighted by atomic mass is 9.67. The zero-order valence-corrected chi connectivity index (χ0v) is 27.6. The first-order chi connectivity index (χ1) is 22.9. The fourth-order valence-corrected chi connectivity index (χ4v) is 8.53. The molecular formula is C40H50N3O4-. The summed E-state index contributed by atoms with van der Waals surface area (Å²) >= 11 is 0. The van der Waals surface area contributed by atoms with Gasteiger partial charge in [-0.2, -0.15) is 11.9 Å². The lowest BCUT2D eigenvalue weighted by Crippen LogP contribution is -2.36. The van der Waals surface area contributed by atoms with Gasteiger partial charge in [0.05, 0.1) is 18.8 Å². The second kappa shape index (κ2) is 15.0. The van der Waals surface area contributed by atoms with E-state index in [1.807, 2.05) is 30.5 Å². The van der Waals surface area contributed by atoms with Crippen LogP contribution >= 0.6 is 0 Å². The molecule has 7 atom stereocenters. The Hall–Kier alpha value is -3.73. The normalized spacial score (nSPS) is 28.0. The van der Waals surface area contributed by atoms with E-state index in [-0.39, 0.29) is 34.8 Å². The number of fused-ring (bicyclic) bond motifs is 1. The van der Waals surface area contributed by atoms with Crippen LogP contribution in [-0.4, -0.2) is 39.1 Å². The van der Waals surface area contributed by atoms with Crippen molar-refractivity contribution in [2.75, 3.05) is 12.3 Å². The molecule has 1 saturated carbocycles. The molecule has 250 valence electrons. The second-order valence-corrected chi connectivity index (χ2v) is 14.0. The molecule has 6 rings (SSSR count). The molecule has 2 aromatic heterocycles. The van der Waals surface area contributed by atoms with E-state index < -0.39 is 12.2 Å². The smallest absolute Gasteiger partial charge is 0.161 e. The van der Waals surface area contributed by atoms with Crippen molar-refractivity contribution in [3.63, 3.8) is 0 Å². The Balaban J connectivity index is 1.22. The molecule has 47 heavy (non-hydrogen) atoms. The number of hydrogen-bond donors (Lipinski definition) is 4. The lowest BCUT2D eigenvalue weighted by Gasteiger charge is -2.42. The van der Waals surface area contributed by atoms with Crippen LogP contribution in [0, 0.1) is 29.6 Å². The quantitative estimate of drug-likeness (QED) is 0.147. The number of benzene rings is 1. The van der Waals surface area contributed by atoms with Gasteiger partial charge in [0, 0.05) is 29.9 Å². The standard InChI is InChI=1S/C40H50N3O4/c1-2-27-8-3-4-9-34(45)39-28(12-11-27)13-14-29(24-35(39)46)30-15-16-33(44)36(25-30)47-23-18-32(31-17-22-43-38(41)26-31)40(19-5-6-20-40)37-10-7-21-42-37/h7,10,13-17,21-22,25-29,32,34-35,39,44-46H,2-6,8-9,18-20,23-24H2,1H3,(H2,41,43)/q-1/t27-,28+,29+,32+,34-,35+,39+/m0/s1. The number of anilines is 1. The molecular weight excluding hydrogens is 586 g/mol. The van der Waals surface area contributed by atoms with Crippen molar-refractivity contribution in [1.82, 2.24) is 9.97 Å². The first kappa shape index (κ1) is 33.2. The Bertz CT molecular complexity index is 1550. The van der Waals surface area contributed by atoms with E-state index in [1.165, 1.54) is 0 Å². The number of allylic oxidation sites excluding steroid dienone is 2. The summed E-state index contributed by atoms with van der Waals surface area (Å²) in [5, 5.41) is 33.5. The Labute approximate surface area is 279 Å². The molecule has 0 radical (unpaired) electrons. The maximum absolute atomic E-state index is 11.5. The van der Waals surface area contributed by atoms with E-state index in [0.717, 1.165) is 74.6 Å². The minimum absolute atomic E-state index is 0.0888. The highest BCUT2D eigenvalue weighted by Crippen LogP contribution is 2.52. The van der Waals surface area contributed by atoms with Crippen LogP contribution in [0.5, 0.6) is 11.5 Å². The number of pyridine rings is 1. The number of nitrogen functional groups attached to an aromatic ring is 1. The summed E-state index contributed by atoms with van der Waals surface area (Å²) in [4.78, 5) is 9.02. The first-order valence-corrected chi connectivity index (χ1v) is 17.7. The molecule has 1 fully saturated rings. The number of phenolic OH excluding ortho intramolecular Hbond substituents is 1. The summed E-state index contributed by atoms with van der Waals surface area (Å²) in [5.41, 5.74) is 9.26. The largest absolute Gasteiger partial charge is 0.667 e. The van der Waals surface area contributed by atoms with E-state index >= 15 is 0 Å². The van der Waals surface area contributed by atoms with Crippen molar-refractivity contribution in [2.45, 2.75) is 107 Å². The number of ether oxygens (including phenoxy) is 1. The molecule has 2 heterocycles. The maximum Gasteiger partial charge on any atom is 0.161 e. The minimum atomic E-state index is -0.706. The Morgan fingerprint density at radius 1 is 1.02 bits per heavy atom. The van der Waals surface area contributed by atoms with E-state index in [0.29, 0.717) is 36.9 Å². The fraction of sp³-hybridized carbons (Fsp3) is 0.525. The predicted molar refractivity (Wildman–Crippen MR) is 185 cm³/mol. The Morgan fingerprint density at radius 2 is 1.85 bits per heavy atom. The van der Waals surface area contributed by atoms with Crippen molar-refractivity contribution in [2.24, 2.45) is 17.8 Å². The van der Waals surface area contributed by atoms with Crippen molar-refractivity contribution < 1.29 is 20.1 Å². The van der Waals surface area contributed by atoms with E-state index in [4.69, 9.17) is 15.5 Å². The molecule has 1 aromatic carbocycles. The Kier molecular flexibility index (Phi) is 10.6. The van der Waals surface area contributed by atoms with E-state index in [2.05, 4.69) is 48.0 Å². The molecule has 7 heteroatoms. The summed E-state index contributed by atoms with van der Waals surface area (Å²) in [7, 11) is 0. The van der Waals surface area contributed by atoms with Gasteiger partial charge in [0.15, 0.2) is 11.5 Å². The minimum Gasteiger partial charge on any atom is -0.667 e. The zero-order chi connectivity index (χ0) is 32.8. The van der Waals surface area contributed by atoms with Gasteiger partial charge >= 0.3 is 0 Å². The Morgan fingerprint density at radius 3 is 2.62 bits per heavy atom. The average molecular weight is 637 g/mol. The number of rotatable bonds is 9. The molecule has 3 aliphatic rings. The third-order valence-electron chi connectivity index (χ3n) is 11.1. The molecule has 0 aliphatic heterocycles. The third-order valence-corrected chi connectivity index (χ3v) is 11.1. The van der Waals surface area contributed by atoms with Crippen LogP contribution in [0.4, 0.5) is 5.82 Å². The zero-order valence-electron chi connectivity index (χ0n) is 27.6. The number of phenols is 1. The topological polar surface area (TPSA) is 123 Å². The number of aliphatic hydroxyl groups is 2.